The lowest BCUT2D eigenvalue weighted by Crippen LogP contribution is -2.51. The zero-order chi connectivity index (χ0) is 60.2. The van der Waals surface area contributed by atoms with Crippen LogP contribution in [0.1, 0.15) is 310 Å². The highest BCUT2D eigenvalue weighted by Crippen LogP contribution is 2.16. The van der Waals surface area contributed by atoms with Crippen LogP contribution < -0.4 is 11.1 Å². The van der Waals surface area contributed by atoms with Gasteiger partial charge in [-0.3, -0.25) is 24.0 Å². The summed E-state index contributed by atoms with van der Waals surface area (Å²) in [6.45, 7) is 8.79. The van der Waals surface area contributed by atoms with Crippen LogP contribution in [0.25, 0.3) is 0 Å². The maximum Gasteiger partial charge on any atom is 0.242 e. The fourth-order valence-electron chi connectivity index (χ4n) is 10.6. The first kappa shape index (κ1) is 78.7. The molecule has 480 valence electrons. The number of amides is 5. The van der Waals surface area contributed by atoms with E-state index in [-0.39, 0.29) is 69.6 Å². The molecule has 0 atom stereocenters. The average Bonchev–Trinajstić information content (AvgIpc) is 3.51. The number of allylic oxidation sites excluding steroid dienone is 4. The van der Waals surface area contributed by atoms with Crippen molar-refractivity contribution in [2.75, 3.05) is 72.1 Å². The number of nitrogens with two attached hydrogens (primary N) is 1. The van der Waals surface area contributed by atoms with Gasteiger partial charge in [0.05, 0.1) is 52.0 Å². The number of nitrogens with zero attached hydrogens (tertiary/aromatic N) is 4. The molecule has 0 spiro atoms. The monoisotopic (exact) mass is 1160 g/mol. The third-order valence-corrected chi connectivity index (χ3v) is 16.2. The summed E-state index contributed by atoms with van der Waals surface area (Å²) < 4.78 is 0. The first-order chi connectivity index (χ1) is 40.1. The van der Waals surface area contributed by atoms with Crippen molar-refractivity contribution in [1.29, 1.82) is 0 Å². The Bertz CT molecular complexity index is 1540. The molecule has 82 heavy (non-hydrogen) atoms. The summed E-state index contributed by atoms with van der Waals surface area (Å²) in [5.41, 5.74) is 5.71. The van der Waals surface area contributed by atoms with Crippen molar-refractivity contribution in [2.45, 2.75) is 316 Å². The molecule has 0 radical (unpaired) electrons. The van der Waals surface area contributed by atoms with Crippen molar-refractivity contribution in [3.05, 3.63) is 24.3 Å². The number of carbonyl (C=O) groups is 5. The van der Waals surface area contributed by atoms with Crippen LogP contribution in [-0.4, -0.2) is 138 Å². The fourth-order valence-corrected chi connectivity index (χ4v) is 10.6. The number of aliphatic hydroxyl groups excluding tert-OH is 2. The van der Waals surface area contributed by atoms with Gasteiger partial charge in [-0.2, -0.15) is 0 Å². The summed E-state index contributed by atoms with van der Waals surface area (Å²) >= 11 is 0. The molecular formula is C69H132N6O7. The van der Waals surface area contributed by atoms with Gasteiger partial charge in [-0.15, -0.1) is 0 Å². The molecule has 0 aliphatic rings. The van der Waals surface area contributed by atoms with E-state index in [1.165, 1.54) is 146 Å². The number of unbranched alkanes of at least 4 members (excludes halogenated alkanes) is 38. The summed E-state index contributed by atoms with van der Waals surface area (Å²) in [6.07, 6.45) is 59.2. The van der Waals surface area contributed by atoms with Crippen molar-refractivity contribution in [3.63, 3.8) is 0 Å². The van der Waals surface area contributed by atoms with Gasteiger partial charge in [0.2, 0.25) is 29.5 Å². The molecule has 0 saturated heterocycles. The van der Waals surface area contributed by atoms with Crippen molar-refractivity contribution in [2.24, 2.45) is 5.73 Å². The van der Waals surface area contributed by atoms with Crippen LogP contribution in [0.5, 0.6) is 0 Å². The lowest BCUT2D eigenvalue weighted by molar-refractivity contribution is -0.146. The second kappa shape index (κ2) is 60.8. The van der Waals surface area contributed by atoms with E-state index >= 15 is 0 Å². The number of nitrogens with one attached hydrogen (secondary N) is 1. The largest absolute Gasteiger partial charge is 0.395 e. The van der Waals surface area contributed by atoms with Gasteiger partial charge >= 0.3 is 0 Å². The van der Waals surface area contributed by atoms with Crippen LogP contribution in [0, 0.1) is 0 Å². The smallest absolute Gasteiger partial charge is 0.242 e. The molecule has 0 aliphatic carbocycles. The molecule has 0 saturated carbocycles. The minimum atomic E-state index is -0.664. The minimum Gasteiger partial charge on any atom is -0.395 e. The summed E-state index contributed by atoms with van der Waals surface area (Å²) in [5, 5.41) is 22.4. The van der Waals surface area contributed by atoms with Crippen LogP contribution in [-0.2, 0) is 24.0 Å². The lowest BCUT2D eigenvalue weighted by atomic mass is 10.1. The number of hydrogen-bond donors (Lipinski definition) is 4. The Balaban J connectivity index is 6.15. The quantitative estimate of drug-likeness (QED) is 0.0343. The Hall–Kier alpha value is -3.29. The number of rotatable bonds is 63. The van der Waals surface area contributed by atoms with Gasteiger partial charge in [0, 0.05) is 26.2 Å². The standard InChI is InChI=1S/C69H132N6O7/c1-5-9-13-17-21-25-27-29-31-33-35-37-39-43-46-50-54-73(66(79)57-71-64(62-76)63-77)59-68(81)75(56-51-47-42-24-20-16-12-8-4)61-69(82)74(55-52-48-44-40-38-36-34-32-30-28-26-22-18-14-10-6-2)60-67(80)72(58-65(70)78)53-49-45-41-23-19-15-11-7-3/h29-32,64,71,76-77H,5-28,33-63H2,1-4H3,(H2,70,78)/b31-29-,32-30-. The first-order valence-electron chi connectivity index (χ1n) is 34.7. The van der Waals surface area contributed by atoms with E-state index in [0.29, 0.717) is 39.0 Å². The Kier molecular flexibility index (Phi) is 58.4. The minimum absolute atomic E-state index is 0.143. The Morgan fingerprint density at radius 1 is 0.329 bits per heavy atom. The molecule has 5 N–H and O–H groups in total. The topological polar surface area (TPSA) is 177 Å². The van der Waals surface area contributed by atoms with Crippen LogP contribution >= 0.6 is 0 Å². The van der Waals surface area contributed by atoms with E-state index in [2.05, 4.69) is 57.3 Å². The van der Waals surface area contributed by atoms with E-state index < -0.39 is 11.9 Å². The third-order valence-electron chi connectivity index (χ3n) is 16.2. The van der Waals surface area contributed by atoms with Crippen LogP contribution in [0.3, 0.4) is 0 Å². The molecule has 0 aromatic carbocycles. The summed E-state index contributed by atoms with van der Waals surface area (Å²) in [7, 11) is 0. The first-order valence-corrected chi connectivity index (χ1v) is 34.7. The van der Waals surface area contributed by atoms with E-state index in [1.807, 2.05) is 0 Å². The van der Waals surface area contributed by atoms with E-state index in [0.717, 1.165) is 128 Å². The van der Waals surface area contributed by atoms with Crippen molar-refractivity contribution in [1.82, 2.24) is 24.9 Å². The fraction of sp³-hybridized carbons (Fsp3) is 0.870. The Labute approximate surface area is 505 Å². The van der Waals surface area contributed by atoms with E-state index in [1.54, 1.807) is 14.7 Å². The molecule has 0 bridgehead atoms. The molecule has 0 rings (SSSR count). The van der Waals surface area contributed by atoms with Gasteiger partial charge in [-0.1, -0.05) is 257 Å². The highest BCUT2D eigenvalue weighted by Gasteiger charge is 2.27. The van der Waals surface area contributed by atoms with Crippen molar-refractivity contribution >= 4 is 29.5 Å². The van der Waals surface area contributed by atoms with Gasteiger partial charge in [0.15, 0.2) is 0 Å². The molecule has 5 amide bonds. The molecule has 0 aliphatic heterocycles. The summed E-state index contributed by atoms with van der Waals surface area (Å²) in [6, 6.07) is -0.664. The van der Waals surface area contributed by atoms with E-state index in [9.17, 15) is 34.2 Å². The SMILES string of the molecule is CCCCCCCC/C=C\CCCCCCCCN(CC(=O)N(CCCCCCCCCC)CC(=O)N(CCCCCCCC/C=C\CCCCCCCC)CC(=O)N(CCCCCCCCCC)CC(N)=O)C(=O)CNC(CO)CO. The second-order valence-electron chi connectivity index (χ2n) is 24.0. The Morgan fingerprint density at radius 2 is 0.549 bits per heavy atom. The molecule has 13 heteroatoms. The maximum absolute atomic E-state index is 14.7. The lowest BCUT2D eigenvalue weighted by Gasteiger charge is -2.31. The number of aliphatic hydroxyl groups is 2. The predicted molar refractivity (Wildman–Crippen MR) is 346 cm³/mol. The van der Waals surface area contributed by atoms with Gasteiger partial charge in [0.1, 0.15) is 0 Å². The van der Waals surface area contributed by atoms with Crippen LogP contribution in [0.15, 0.2) is 24.3 Å². The van der Waals surface area contributed by atoms with Crippen LogP contribution in [0.2, 0.25) is 0 Å². The molecule has 0 aromatic rings. The van der Waals surface area contributed by atoms with Gasteiger partial charge in [-0.25, -0.2) is 0 Å². The second-order valence-corrected chi connectivity index (χ2v) is 24.0. The molecule has 0 heterocycles. The summed E-state index contributed by atoms with van der Waals surface area (Å²) in [4.78, 5) is 76.0. The highest BCUT2D eigenvalue weighted by atomic mass is 16.3. The molecule has 0 unspecified atom stereocenters. The zero-order valence-corrected chi connectivity index (χ0v) is 54.1. The normalized spacial score (nSPS) is 11.6. The third kappa shape index (κ3) is 50.1. The highest BCUT2D eigenvalue weighted by molar-refractivity contribution is 5.91. The van der Waals surface area contributed by atoms with E-state index in [4.69, 9.17) is 5.73 Å². The summed E-state index contributed by atoms with van der Waals surface area (Å²) in [5.74, 6) is -1.84. The number of primary amides is 1. The van der Waals surface area contributed by atoms with Crippen molar-refractivity contribution < 1.29 is 34.2 Å². The molecule has 0 fully saturated rings. The molecule has 0 aromatic heterocycles. The number of carbonyl (C=O) groups excluding carboxylic acids is 5. The van der Waals surface area contributed by atoms with Gasteiger partial charge in [-0.05, 0) is 77.0 Å². The zero-order valence-electron chi connectivity index (χ0n) is 54.1. The Morgan fingerprint density at radius 3 is 0.793 bits per heavy atom. The van der Waals surface area contributed by atoms with Crippen molar-refractivity contribution in [3.8, 4) is 0 Å². The van der Waals surface area contributed by atoms with Crippen LogP contribution in [0.4, 0.5) is 0 Å². The maximum atomic E-state index is 14.7. The molecular weight excluding hydrogens is 1020 g/mol. The number of hydrogen-bond acceptors (Lipinski definition) is 8. The van der Waals surface area contributed by atoms with Gasteiger partial charge in [0.25, 0.3) is 0 Å². The average molecular weight is 1160 g/mol. The van der Waals surface area contributed by atoms with Gasteiger partial charge < -0.3 is 40.9 Å². The predicted octanol–water partition coefficient (Wildman–Crippen LogP) is 15.1. The molecule has 13 nitrogen and oxygen atoms in total.